The molecule has 1 aromatic carbocycles. The number of carbonyl (C=O) groups is 2. The Kier molecular flexibility index (Phi) is 6.75. The van der Waals surface area contributed by atoms with E-state index in [2.05, 4.69) is 5.32 Å². The summed E-state index contributed by atoms with van der Waals surface area (Å²) < 4.78 is 28.3. The Morgan fingerprint density at radius 1 is 1.14 bits per heavy atom. The summed E-state index contributed by atoms with van der Waals surface area (Å²) in [5.74, 6) is -1.39. The summed E-state index contributed by atoms with van der Waals surface area (Å²) in [5, 5.41) is 13.1. The second-order valence-electron chi connectivity index (χ2n) is 7.97. The normalized spacial score (nSPS) is 19.6. The van der Waals surface area contributed by atoms with Gasteiger partial charge in [0.25, 0.3) is 5.91 Å². The monoisotopic (exact) mass is 411 g/mol. The molecular formula is C20H29NO6S. The highest BCUT2D eigenvalue weighted by molar-refractivity contribution is 7.91. The number of hydrogen-bond donors (Lipinski definition) is 2. The molecule has 0 aliphatic carbocycles. The molecule has 1 saturated heterocycles. The van der Waals surface area contributed by atoms with Gasteiger partial charge in [-0.2, -0.15) is 0 Å². The average Bonchev–Trinajstić information content (AvgIpc) is 2.92. The lowest BCUT2D eigenvalue weighted by molar-refractivity contribution is -0.129. The third-order valence-electron chi connectivity index (χ3n) is 4.90. The Labute approximate surface area is 166 Å². The molecule has 0 unspecified atom stereocenters. The molecule has 2 atom stereocenters. The lowest BCUT2D eigenvalue weighted by Crippen LogP contribution is -2.42. The Morgan fingerprint density at radius 3 is 2.29 bits per heavy atom. The van der Waals surface area contributed by atoms with Crippen LogP contribution in [0.3, 0.4) is 0 Å². The average molecular weight is 412 g/mol. The van der Waals surface area contributed by atoms with Gasteiger partial charge < -0.3 is 15.2 Å². The van der Waals surface area contributed by atoms with Gasteiger partial charge in [0.15, 0.2) is 15.9 Å². The number of phenolic OH excluding ortho intramolecular Hbond substituents is 1. The van der Waals surface area contributed by atoms with Crippen molar-refractivity contribution >= 4 is 21.7 Å². The molecule has 1 aliphatic rings. The summed E-state index contributed by atoms with van der Waals surface area (Å²) in [7, 11) is -3.12. The zero-order valence-corrected chi connectivity index (χ0v) is 17.8. The van der Waals surface area contributed by atoms with Crippen LogP contribution in [0.15, 0.2) is 12.1 Å². The number of esters is 1. The van der Waals surface area contributed by atoms with E-state index in [1.54, 1.807) is 6.07 Å². The largest absolute Gasteiger partial charge is 0.507 e. The maximum absolute atomic E-state index is 12.6. The van der Waals surface area contributed by atoms with E-state index in [1.165, 1.54) is 6.92 Å². The minimum Gasteiger partial charge on any atom is -0.507 e. The van der Waals surface area contributed by atoms with Gasteiger partial charge in [-0.1, -0.05) is 33.8 Å². The quantitative estimate of drug-likeness (QED) is 0.696. The number of rotatable bonds is 6. The first-order valence-corrected chi connectivity index (χ1v) is 11.3. The first kappa shape index (κ1) is 22.2. The zero-order valence-electron chi connectivity index (χ0n) is 17.0. The van der Waals surface area contributed by atoms with Gasteiger partial charge in [0.05, 0.1) is 11.5 Å². The Balaban J connectivity index is 2.14. The Hall–Kier alpha value is -2.09. The smallest absolute Gasteiger partial charge is 0.342 e. The standard InChI is InChI=1S/C20H29NO6S/c1-11(2)14-8-16(12(3)4)18(22)17(9-14)20(24)27-13(5)19(23)21-15-6-7-28(25,26)10-15/h8-9,11-13,15,22H,6-7,10H2,1-5H3,(H,21,23)/t13-,15-/m0/s1. The van der Waals surface area contributed by atoms with Crippen molar-refractivity contribution in [1.29, 1.82) is 0 Å². The summed E-state index contributed by atoms with van der Waals surface area (Å²) in [6, 6.07) is 2.99. The number of hydrogen-bond acceptors (Lipinski definition) is 6. The van der Waals surface area contributed by atoms with Crippen molar-refractivity contribution in [3.8, 4) is 5.75 Å². The van der Waals surface area contributed by atoms with E-state index in [0.29, 0.717) is 12.0 Å². The molecule has 28 heavy (non-hydrogen) atoms. The van der Waals surface area contributed by atoms with Gasteiger partial charge in [-0.25, -0.2) is 13.2 Å². The van der Waals surface area contributed by atoms with E-state index in [1.807, 2.05) is 33.8 Å². The molecule has 0 spiro atoms. The van der Waals surface area contributed by atoms with Crippen LogP contribution in [0.1, 0.15) is 74.4 Å². The molecule has 1 aliphatic heterocycles. The van der Waals surface area contributed by atoms with E-state index in [0.717, 1.165) is 5.56 Å². The van der Waals surface area contributed by atoms with Crippen LogP contribution in [0.25, 0.3) is 0 Å². The van der Waals surface area contributed by atoms with Crippen molar-refractivity contribution in [2.24, 2.45) is 0 Å². The van der Waals surface area contributed by atoms with Crippen molar-refractivity contribution in [2.75, 3.05) is 11.5 Å². The van der Waals surface area contributed by atoms with Gasteiger partial charge in [0.2, 0.25) is 0 Å². The summed E-state index contributed by atoms with van der Waals surface area (Å²) in [5.41, 5.74) is 1.56. The van der Waals surface area contributed by atoms with Crippen LogP contribution < -0.4 is 5.32 Å². The van der Waals surface area contributed by atoms with E-state index in [4.69, 9.17) is 4.74 Å². The fourth-order valence-corrected chi connectivity index (χ4v) is 4.79. The van der Waals surface area contributed by atoms with Crippen LogP contribution in [-0.4, -0.2) is 49.1 Å². The molecule has 156 valence electrons. The molecule has 7 nitrogen and oxygen atoms in total. The van der Waals surface area contributed by atoms with Gasteiger partial charge >= 0.3 is 5.97 Å². The minimum absolute atomic E-state index is 0.00953. The second kappa shape index (κ2) is 8.51. The van der Waals surface area contributed by atoms with Gasteiger partial charge in [0.1, 0.15) is 11.3 Å². The van der Waals surface area contributed by atoms with Crippen LogP contribution in [-0.2, 0) is 19.4 Å². The number of aromatic hydroxyl groups is 1. The molecule has 0 aromatic heterocycles. The molecule has 0 saturated carbocycles. The summed E-state index contributed by atoms with van der Waals surface area (Å²) >= 11 is 0. The second-order valence-corrected chi connectivity index (χ2v) is 10.2. The molecular weight excluding hydrogens is 382 g/mol. The van der Waals surface area contributed by atoms with Crippen molar-refractivity contribution in [3.63, 3.8) is 0 Å². The van der Waals surface area contributed by atoms with Crippen molar-refractivity contribution in [2.45, 2.75) is 65.0 Å². The maximum Gasteiger partial charge on any atom is 0.342 e. The van der Waals surface area contributed by atoms with E-state index < -0.39 is 33.9 Å². The van der Waals surface area contributed by atoms with E-state index >= 15 is 0 Å². The summed E-state index contributed by atoms with van der Waals surface area (Å²) in [6.45, 7) is 9.22. The molecule has 0 bridgehead atoms. The maximum atomic E-state index is 12.6. The number of amides is 1. The predicted molar refractivity (Wildman–Crippen MR) is 106 cm³/mol. The third-order valence-corrected chi connectivity index (χ3v) is 6.67. The first-order chi connectivity index (χ1) is 12.9. The lowest BCUT2D eigenvalue weighted by atomic mass is 9.92. The lowest BCUT2D eigenvalue weighted by Gasteiger charge is -2.19. The molecule has 8 heteroatoms. The summed E-state index contributed by atoms with van der Waals surface area (Å²) in [6.07, 6.45) is -0.760. The van der Waals surface area contributed by atoms with Crippen molar-refractivity contribution in [3.05, 3.63) is 28.8 Å². The molecule has 0 radical (unpaired) electrons. The van der Waals surface area contributed by atoms with Crippen LogP contribution in [0.4, 0.5) is 0 Å². The molecule has 1 amide bonds. The van der Waals surface area contributed by atoms with Crippen LogP contribution in [0.5, 0.6) is 5.75 Å². The van der Waals surface area contributed by atoms with E-state index in [9.17, 15) is 23.1 Å². The number of ether oxygens (including phenoxy) is 1. The van der Waals surface area contributed by atoms with Gasteiger partial charge in [0, 0.05) is 6.04 Å². The Morgan fingerprint density at radius 2 is 1.79 bits per heavy atom. The van der Waals surface area contributed by atoms with Crippen LogP contribution >= 0.6 is 0 Å². The molecule has 1 fully saturated rings. The van der Waals surface area contributed by atoms with Crippen LogP contribution in [0.2, 0.25) is 0 Å². The molecule has 1 heterocycles. The van der Waals surface area contributed by atoms with Crippen molar-refractivity contribution < 1.29 is 27.9 Å². The molecule has 2 N–H and O–H groups in total. The van der Waals surface area contributed by atoms with Gasteiger partial charge in [-0.3, -0.25) is 4.79 Å². The van der Waals surface area contributed by atoms with E-state index in [-0.39, 0.29) is 34.7 Å². The molecule has 2 rings (SSSR count). The topological polar surface area (TPSA) is 110 Å². The predicted octanol–water partition coefficient (Wildman–Crippen LogP) is 2.49. The SMILES string of the molecule is CC(C)c1cc(C(=O)O[C@@H](C)C(=O)N[C@H]2CCS(=O)(=O)C2)c(O)c(C(C)C)c1. The third kappa shape index (κ3) is 5.25. The van der Waals surface area contributed by atoms with Gasteiger partial charge in [-0.15, -0.1) is 0 Å². The number of sulfone groups is 1. The fourth-order valence-electron chi connectivity index (χ4n) is 3.11. The number of nitrogens with one attached hydrogen (secondary N) is 1. The summed E-state index contributed by atoms with van der Waals surface area (Å²) in [4.78, 5) is 24.9. The fraction of sp³-hybridized carbons (Fsp3) is 0.600. The van der Waals surface area contributed by atoms with Crippen LogP contribution in [0, 0.1) is 0 Å². The zero-order chi connectivity index (χ0) is 21.2. The first-order valence-electron chi connectivity index (χ1n) is 9.50. The van der Waals surface area contributed by atoms with Crippen molar-refractivity contribution in [1.82, 2.24) is 5.32 Å². The highest BCUT2D eigenvalue weighted by Crippen LogP contribution is 2.33. The van der Waals surface area contributed by atoms with Gasteiger partial charge in [-0.05, 0) is 42.4 Å². The number of carbonyl (C=O) groups excluding carboxylic acids is 2. The highest BCUT2D eigenvalue weighted by Gasteiger charge is 2.31. The Bertz CT molecular complexity index is 860. The highest BCUT2D eigenvalue weighted by atomic mass is 32.2. The number of phenols is 1. The number of benzene rings is 1. The molecule has 1 aromatic rings. The minimum atomic E-state index is -3.12.